The van der Waals surface area contributed by atoms with Crippen molar-refractivity contribution < 1.29 is 14.7 Å². The molecule has 0 saturated carbocycles. The lowest BCUT2D eigenvalue weighted by Gasteiger charge is -2.27. The number of anilines is 2. The molecule has 5 nitrogen and oxygen atoms in total. The smallest absolute Gasteiger partial charge is 0.300 e. The van der Waals surface area contributed by atoms with Crippen LogP contribution in [0.5, 0.6) is 0 Å². The molecule has 0 aromatic heterocycles. The maximum Gasteiger partial charge on any atom is 0.300 e. The molecule has 180 valence electrons. The molecule has 35 heavy (non-hydrogen) atoms. The summed E-state index contributed by atoms with van der Waals surface area (Å²) in [7, 11) is 0. The maximum absolute atomic E-state index is 13.3. The van der Waals surface area contributed by atoms with Gasteiger partial charge in [0, 0.05) is 35.1 Å². The summed E-state index contributed by atoms with van der Waals surface area (Å²) in [4.78, 5) is 30.3. The van der Waals surface area contributed by atoms with Crippen molar-refractivity contribution in [2.24, 2.45) is 0 Å². The molecule has 1 saturated heterocycles. The average molecular weight is 489 g/mol. The summed E-state index contributed by atoms with van der Waals surface area (Å²) >= 11 is 6.23. The van der Waals surface area contributed by atoms with E-state index < -0.39 is 17.7 Å². The lowest BCUT2D eigenvalue weighted by molar-refractivity contribution is -0.132. The molecule has 1 amide bonds. The molecule has 0 radical (unpaired) electrons. The van der Waals surface area contributed by atoms with E-state index in [0.29, 0.717) is 16.3 Å². The van der Waals surface area contributed by atoms with Gasteiger partial charge in [0.2, 0.25) is 0 Å². The van der Waals surface area contributed by atoms with E-state index in [1.165, 1.54) is 4.90 Å². The topological polar surface area (TPSA) is 60.9 Å². The fourth-order valence-electron chi connectivity index (χ4n) is 4.54. The molecule has 4 rings (SSSR count). The van der Waals surface area contributed by atoms with Gasteiger partial charge in [-0.2, -0.15) is 0 Å². The van der Waals surface area contributed by atoms with Gasteiger partial charge in [0.1, 0.15) is 5.76 Å². The zero-order valence-electron chi connectivity index (χ0n) is 20.4. The van der Waals surface area contributed by atoms with Crippen molar-refractivity contribution in [3.63, 3.8) is 0 Å². The maximum atomic E-state index is 13.3. The predicted octanol–water partition coefficient (Wildman–Crippen LogP) is 6.43. The van der Waals surface area contributed by atoms with Gasteiger partial charge < -0.3 is 10.0 Å². The Morgan fingerprint density at radius 3 is 2.23 bits per heavy atom. The second-order valence-corrected chi connectivity index (χ2v) is 9.15. The van der Waals surface area contributed by atoms with Gasteiger partial charge in [-0.05, 0) is 80.8 Å². The number of aliphatic hydroxyl groups is 1. The Labute approximate surface area is 211 Å². The molecule has 1 N–H and O–H groups in total. The molecule has 0 bridgehead atoms. The van der Waals surface area contributed by atoms with E-state index in [1.54, 1.807) is 30.3 Å². The molecule has 1 heterocycles. The summed E-state index contributed by atoms with van der Waals surface area (Å²) in [6.07, 6.45) is 0. The lowest BCUT2D eigenvalue weighted by atomic mass is 9.94. The largest absolute Gasteiger partial charge is 0.507 e. The van der Waals surface area contributed by atoms with Crippen LogP contribution in [0.2, 0.25) is 5.02 Å². The summed E-state index contributed by atoms with van der Waals surface area (Å²) < 4.78 is 0. The van der Waals surface area contributed by atoms with Crippen LogP contribution in [0.1, 0.15) is 42.1 Å². The number of amides is 1. The van der Waals surface area contributed by atoms with Crippen molar-refractivity contribution in [3.05, 3.63) is 99.6 Å². The standard InChI is InChI=1S/C29H29ClN2O3/c1-5-31(6-2)23-14-12-20(13-15-23)26-25(27(33)21-11-10-18(3)19(4)16-21)28(34)29(35)32(26)24-9-7-8-22(30)17-24/h7-17,26,33H,5-6H2,1-4H3/b27-25+. The number of hydrogen-bond donors (Lipinski definition) is 1. The van der Waals surface area contributed by atoms with E-state index in [4.69, 9.17) is 11.6 Å². The van der Waals surface area contributed by atoms with Crippen molar-refractivity contribution in [2.45, 2.75) is 33.7 Å². The van der Waals surface area contributed by atoms with Crippen molar-refractivity contribution in [1.82, 2.24) is 0 Å². The minimum absolute atomic E-state index is 0.0637. The highest BCUT2D eigenvalue weighted by Crippen LogP contribution is 2.43. The zero-order valence-corrected chi connectivity index (χ0v) is 21.1. The van der Waals surface area contributed by atoms with Gasteiger partial charge in [-0.3, -0.25) is 14.5 Å². The van der Waals surface area contributed by atoms with Crippen LogP contribution in [0.25, 0.3) is 5.76 Å². The number of carbonyl (C=O) groups is 2. The molecule has 1 aliphatic heterocycles. The fourth-order valence-corrected chi connectivity index (χ4v) is 4.73. The Morgan fingerprint density at radius 2 is 1.63 bits per heavy atom. The highest BCUT2D eigenvalue weighted by atomic mass is 35.5. The third-order valence-electron chi connectivity index (χ3n) is 6.65. The van der Waals surface area contributed by atoms with E-state index in [0.717, 1.165) is 35.5 Å². The number of ketones is 1. The first-order valence-corrected chi connectivity index (χ1v) is 12.1. The molecule has 3 aromatic carbocycles. The van der Waals surface area contributed by atoms with Crippen LogP contribution < -0.4 is 9.80 Å². The van der Waals surface area contributed by atoms with Crippen LogP contribution in [-0.2, 0) is 9.59 Å². The average Bonchev–Trinajstić information content (AvgIpc) is 3.12. The molecule has 0 spiro atoms. The van der Waals surface area contributed by atoms with Crippen LogP contribution in [0, 0.1) is 13.8 Å². The molecular formula is C29H29ClN2O3. The summed E-state index contributed by atoms with van der Waals surface area (Å²) in [5, 5.41) is 11.8. The van der Waals surface area contributed by atoms with Gasteiger partial charge in [-0.15, -0.1) is 0 Å². The zero-order chi connectivity index (χ0) is 25.3. The molecule has 6 heteroatoms. The van der Waals surface area contributed by atoms with Gasteiger partial charge >= 0.3 is 0 Å². The molecule has 1 unspecified atom stereocenters. The molecule has 1 atom stereocenters. The van der Waals surface area contributed by atoms with Gasteiger partial charge in [0.15, 0.2) is 0 Å². The molecule has 1 aliphatic rings. The second-order valence-electron chi connectivity index (χ2n) is 8.71. The van der Waals surface area contributed by atoms with E-state index in [9.17, 15) is 14.7 Å². The normalized spacial score (nSPS) is 17.2. The van der Waals surface area contributed by atoms with E-state index >= 15 is 0 Å². The third kappa shape index (κ3) is 4.56. The van der Waals surface area contributed by atoms with Crippen LogP contribution in [0.15, 0.2) is 72.3 Å². The predicted molar refractivity (Wildman–Crippen MR) is 142 cm³/mol. The Bertz CT molecular complexity index is 1310. The Kier molecular flexibility index (Phi) is 6.99. The number of rotatable bonds is 6. The van der Waals surface area contributed by atoms with Gasteiger partial charge in [0.25, 0.3) is 11.7 Å². The highest BCUT2D eigenvalue weighted by Gasteiger charge is 2.47. The Hall–Kier alpha value is -3.57. The van der Waals surface area contributed by atoms with Gasteiger partial charge in [0.05, 0.1) is 11.6 Å². The molecule has 1 fully saturated rings. The van der Waals surface area contributed by atoms with Crippen molar-refractivity contribution in [2.75, 3.05) is 22.9 Å². The first-order valence-electron chi connectivity index (χ1n) is 11.8. The van der Waals surface area contributed by atoms with Crippen molar-refractivity contribution in [3.8, 4) is 0 Å². The molecule has 3 aromatic rings. The number of aryl methyl sites for hydroxylation is 2. The minimum atomic E-state index is -0.791. The first kappa shape index (κ1) is 24.6. The Balaban J connectivity index is 1.91. The third-order valence-corrected chi connectivity index (χ3v) is 6.88. The fraction of sp³-hybridized carbons (Fsp3) is 0.241. The highest BCUT2D eigenvalue weighted by molar-refractivity contribution is 6.51. The SMILES string of the molecule is CCN(CC)c1ccc(C2/C(=C(\O)c3ccc(C)c(C)c3)C(=O)C(=O)N2c2cccc(Cl)c2)cc1. The van der Waals surface area contributed by atoms with Crippen molar-refractivity contribution in [1.29, 1.82) is 0 Å². The van der Waals surface area contributed by atoms with Crippen LogP contribution in [0.4, 0.5) is 11.4 Å². The van der Waals surface area contributed by atoms with Crippen LogP contribution in [0.3, 0.4) is 0 Å². The van der Waals surface area contributed by atoms with E-state index in [1.807, 2.05) is 50.2 Å². The van der Waals surface area contributed by atoms with Gasteiger partial charge in [-0.25, -0.2) is 0 Å². The molecule has 0 aliphatic carbocycles. The monoisotopic (exact) mass is 488 g/mol. The number of benzene rings is 3. The first-order chi connectivity index (χ1) is 16.8. The van der Waals surface area contributed by atoms with Crippen LogP contribution in [-0.4, -0.2) is 29.9 Å². The Morgan fingerprint density at radius 1 is 0.943 bits per heavy atom. The number of hydrogen-bond acceptors (Lipinski definition) is 4. The van der Waals surface area contributed by atoms with E-state index in [-0.39, 0.29) is 11.3 Å². The lowest BCUT2D eigenvalue weighted by Crippen LogP contribution is -2.29. The summed E-state index contributed by atoms with van der Waals surface area (Å²) in [6.45, 7) is 9.84. The van der Waals surface area contributed by atoms with Crippen molar-refractivity contribution >= 4 is 40.4 Å². The number of Topliss-reactive ketones (excluding diaryl/α,β-unsaturated/α-hetero) is 1. The summed E-state index contributed by atoms with van der Waals surface area (Å²) in [6, 6.07) is 19.3. The number of aliphatic hydroxyl groups excluding tert-OH is 1. The second kappa shape index (κ2) is 9.96. The number of nitrogens with zero attached hydrogens (tertiary/aromatic N) is 2. The number of halogens is 1. The van der Waals surface area contributed by atoms with E-state index in [2.05, 4.69) is 18.7 Å². The molecular weight excluding hydrogens is 460 g/mol. The number of carbonyl (C=O) groups excluding carboxylic acids is 2. The van der Waals surface area contributed by atoms with Gasteiger partial charge in [-0.1, -0.05) is 41.9 Å². The quantitative estimate of drug-likeness (QED) is 0.247. The minimum Gasteiger partial charge on any atom is -0.507 e. The summed E-state index contributed by atoms with van der Waals surface area (Å²) in [5.41, 5.74) is 4.90. The van der Waals surface area contributed by atoms with Crippen LogP contribution >= 0.6 is 11.6 Å². The summed E-state index contributed by atoms with van der Waals surface area (Å²) in [5.74, 6) is -1.61.